The van der Waals surface area contributed by atoms with E-state index in [4.69, 9.17) is 5.26 Å². The van der Waals surface area contributed by atoms with Gasteiger partial charge in [0.25, 0.3) is 0 Å². The zero-order valence-corrected chi connectivity index (χ0v) is 7.42. The van der Waals surface area contributed by atoms with Crippen LogP contribution in [0.2, 0.25) is 0 Å². The van der Waals surface area contributed by atoms with Crippen LogP contribution in [-0.4, -0.2) is 12.6 Å². The Morgan fingerprint density at radius 2 is 2.25 bits per heavy atom. The molecular formula is C10H16N2. The molecular weight excluding hydrogens is 148 g/mol. The lowest BCUT2D eigenvalue weighted by Gasteiger charge is -2.22. The summed E-state index contributed by atoms with van der Waals surface area (Å²) < 4.78 is 0. The summed E-state index contributed by atoms with van der Waals surface area (Å²) in [5, 5.41) is 11.9. The van der Waals surface area contributed by atoms with Crippen molar-refractivity contribution in [3.8, 4) is 6.07 Å². The molecule has 2 aliphatic carbocycles. The Morgan fingerprint density at radius 1 is 1.33 bits per heavy atom. The Bertz CT molecular complexity index is 195. The van der Waals surface area contributed by atoms with Crippen molar-refractivity contribution in [2.45, 2.75) is 38.1 Å². The lowest BCUT2D eigenvalue weighted by atomic mass is 9.95. The molecule has 0 saturated heterocycles. The molecule has 3 unspecified atom stereocenters. The van der Waals surface area contributed by atoms with Crippen LogP contribution in [0.3, 0.4) is 0 Å². The minimum absolute atomic E-state index is 0.661. The SMILES string of the molecule is N#CCCNC1CC2CCC1C2. The highest BCUT2D eigenvalue weighted by molar-refractivity contribution is 4.94. The van der Waals surface area contributed by atoms with Gasteiger partial charge in [0.05, 0.1) is 6.07 Å². The number of rotatable bonds is 3. The van der Waals surface area contributed by atoms with Gasteiger partial charge >= 0.3 is 0 Å². The zero-order valence-electron chi connectivity index (χ0n) is 7.42. The first-order valence-corrected chi connectivity index (χ1v) is 5.00. The van der Waals surface area contributed by atoms with Crippen molar-refractivity contribution in [2.75, 3.05) is 6.54 Å². The Labute approximate surface area is 74.0 Å². The molecule has 3 atom stereocenters. The highest BCUT2D eigenvalue weighted by atomic mass is 14.9. The van der Waals surface area contributed by atoms with Gasteiger partial charge in [-0.1, -0.05) is 6.42 Å². The van der Waals surface area contributed by atoms with Gasteiger partial charge in [0.2, 0.25) is 0 Å². The summed E-state index contributed by atoms with van der Waals surface area (Å²) >= 11 is 0. The fourth-order valence-corrected chi connectivity index (χ4v) is 2.81. The normalized spacial score (nSPS) is 38.4. The van der Waals surface area contributed by atoms with E-state index in [1.165, 1.54) is 25.7 Å². The molecule has 0 amide bonds. The molecule has 2 rings (SSSR count). The van der Waals surface area contributed by atoms with Gasteiger partial charge in [-0.25, -0.2) is 0 Å². The minimum atomic E-state index is 0.661. The number of nitriles is 1. The highest BCUT2D eigenvalue weighted by Crippen LogP contribution is 2.44. The molecule has 2 saturated carbocycles. The topological polar surface area (TPSA) is 35.8 Å². The van der Waals surface area contributed by atoms with Crippen molar-refractivity contribution >= 4 is 0 Å². The number of fused-ring (bicyclic) bond motifs is 2. The summed E-state index contributed by atoms with van der Waals surface area (Å²) in [6.45, 7) is 0.893. The monoisotopic (exact) mass is 164 g/mol. The van der Waals surface area contributed by atoms with Crippen LogP contribution in [0.1, 0.15) is 32.1 Å². The van der Waals surface area contributed by atoms with E-state index in [-0.39, 0.29) is 0 Å². The van der Waals surface area contributed by atoms with Crippen LogP contribution in [0.4, 0.5) is 0 Å². The highest BCUT2D eigenvalue weighted by Gasteiger charge is 2.38. The van der Waals surface area contributed by atoms with Crippen LogP contribution < -0.4 is 5.32 Å². The maximum absolute atomic E-state index is 8.38. The second-order valence-corrected chi connectivity index (χ2v) is 4.14. The summed E-state index contributed by atoms with van der Waals surface area (Å²) in [4.78, 5) is 0. The van der Waals surface area contributed by atoms with E-state index in [1.54, 1.807) is 0 Å². The first kappa shape index (κ1) is 8.07. The molecule has 0 heterocycles. The molecule has 66 valence electrons. The van der Waals surface area contributed by atoms with Crippen LogP contribution in [-0.2, 0) is 0 Å². The first-order valence-electron chi connectivity index (χ1n) is 5.00. The van der Waals surface area contributed by atoms with E-state index < -0.39 is 0 Å². The van der Waals surface area contributed by atoms with Gasteiger partial charge in [-0.15, -0.1) is 0 Å². The van der Waals surface area contributed by atoms with Crippen LogP contribution in [0.5, 0.6) is 0 Å². The molecule has 12 heavy (non-hydrogen) atoms. The first-order chi connectivity index (χ1) is 5.90. The van der Waals surface area contributed by atoms with E-state index >= 15 is 0 Å². The maximum Gasteiger partial charge on any atom is 0.0635 e. The van der Waals surface area contributed by atoms with Crippen molar-refractivity contribution < 1.29 is 0 Å². The summed E-state index contributed by atoms with van der Waals surface area (Å²) in [6, 6.07) is 2.92. The fourth-order valence-electron chi connectivity index (χ4n) is 2.81. The number of hydrogen-bond donors (Lipinski definition) is 1. The molecule has 2 heteroatoms. The third kappa shape index (κ3) is 1.47. The summed E-state index contributed by atoms with van der Waals surface area (Å²) in [5.74, 6) is 1.95. The number of hydrogen-bond acceptors (Lipinski definition) is 2. The summed E-state index contributed by atoms with van der Waals surface area (Å²) in [7, 11) is 0. The van der Waals surface area contributed by atoms with E-state index in [1.807, 2.05) is 0 Å². The lowest BCUT2D eigenvalue weighted by molar-refractivity contribution is 0.355. The minimum Gasteiger partial charge on any atom is -0.313 e. The summed E-state index contributed by atoms with van der Waals surface area (Å²) in [5.41, 5.74) is 0. The molecule has 2 bridgehead atoms. The second-order valence-electron chi connectivity index (χ2n) is 4.14. The van der Waals surface area contributed by atoms with Gasteiger partial charge in [0, 0.05) is 19.0 Å². The van der Waals surface area contributed by atoms with Crippen LogP contribution in [0, 0.1) is 23.2 Å². The molecule has 0 aliphatic heterocycles. The van der Waals surface area contributed by atoms with E-state index in [9.17, 15) is 0 Å². The Morgan fingerprint density at radius 3 is 2.83 bits per heavy atom. The largest absolute Gasteiger partial charge is 0.313 e. The molecule has 0 radical (unpaired) electrons. The van der Waals surface area contributed by atoms with E-state index in [2.05, 4.69) is 11.4 Å². The molecule has 0 aromatic carbocycles. The van der Waals surface area contributed by atoms with Gasteiger partial charge in [0.15, 0.2) is 0 Å². The second kappa shape index (κ2) is 3.45. The van der Waals surface area contributed by atoms with Crippen LogP contribution >= 0.6 is 0 Å². The van der Waals surface area contributed by atoms with Gasteiger partial charge in [0.1, 0.15) is 0 Å². The Hall–Kier alpha value is -0.550. The Balaban J connectivity index is 1.73. The van der Waals surface area contributed by atoms with Gasteiger partial charge in [-0.05, 0) is 31.1 Å². The van der Waals surface area contributed by atoms with Crippen molar-refractivity contribution in [1.29, 1.82) is 5.26 Å². The standard InChI is InChI=1S/C10H16N2/c11-4-1-5-12-10-7-8-2-3-9(10)6-8/h8-10,12H,1-3,5-7H2. The van der Waals surface area contributed by atoms with Crippen molar-refractivity contribution in [1.82, 2.24) is 5.32 Å². The average molecular weight is 164 g/mol. The number of nitrogens with zero attached hydrogens (tertiary/aromatic N) is 1. The molecule has 2 nitrogen and oxygen atoms in total. The third-order valence-corrected chi connectivity index (χ3v) is 3.38. The van der Waals surface area contributed by atoms with Gasteiger partial charge in [-0.2, -0.15) is 5.26 Å². The molecule has 2 aliphatic rings. The Kier molecular flexibility index (Phi) is 2.32. The molecule has 2 fully saturated rings. The quantitative estimate of drug-likeness (QED) is 0.644. The van der Waals surface area contributed by atoms with Crippen molar-refractivity contribution in [3.63, 3.8) is 0 Å². The van der Waals surface area contributed by atoms with Crippen LogP contribution in [0.15, 0.2) is 0 Å². The lowest BCUT2D eigenvalue weighted by Crippen LogP contribution is -2.34. The number of nitrogens with one attached hydrogen (secondary N) is 1. The average Bonchev–Trinajstić information content (AvgIpc) is 2.65. The van der Waals surface area contributed by atoms with Crippen molar-refractivity contribution in [3.05, 3.63) is 0 Å². The van der Waals surface area contributed by atoms with E-state index in [0.29, 0.717) is 6.42 Å². The molecule has 0 aromatic rings. The molecule has 0 aromatic heterocycles. The van der Waals surface area contributed by atoms with Crippen molar-refractivity contribution in [2.24, 2.45) is 11.8 Å². The maximum atomic E-state index is 8.38. The van der Waals surface area contributed by atoms with Gasteiger partial charge in [-0.3, -0.25) is 0 Å². The predicted octanol–water partition coefficient (Wildman–Crippen LogP) is 1.68. The van der Waals surface area contributed by atoms with E-state index in [0.717, 1.165) is 24.4 Å². The van der Waals surface area contributed by atoms with Crippen LogP contribution in [0.25, 0.3) is 0 Å². The van der Waals surface area contributed by atoms with Gasteiger partial charge < -0.3 is 5.32 Å². The summed E-state index contributed by atoms with van der Waals surface area (Å²) in [6.07, 6.45) is 6.37. The fraction of sp³-hybridized carbons (Fsp3) is 0.900. The smallest absolute Gasteiger partial charge is 0.0635 e. The predicted molar refractivity (Wildman–Crippen MR) is 47.5 cm³/mol. The third-order valence-electron chi connectivity index (χ3n) is 3.38. The zero-order chi connectivity index (χ0) is 8.39. The molecule has 1 N–H and O–H groups in total. The molecule has 0 spiro atoms.